The number of amides is 1. The van der Waals surface area contributed by atoms with E-state index in [9.17, 15) is 14.3 Å². The van der Waals surface area contributed by atoms with Gasteiger partial charge in [-0.1, -0.05) is 28.6 Å². The van der Waals surface area contributed by atoms with E-state index >= 15 is 4.39 Å². The lowest BCUT2D eigenvalue weighted by atomic mass is 10.00. The number of phenols is 1. The molecule has 0 aromatic heterocycles. The van der Waals surface area contributed by atoms with Gasteiger partial charge < -0.3 is 14.7 Å². The van der Waals surface area contributed by atoms with Crippen molar-refractivity contribution in [3.8, 4) is 22.6 Å². The monoisotopic (exact) mass is 464 g/mol. The van der Waals surface area contributed by atoms with E-state index in [1.807, 2.05) is 0 Å². The molecule has 5 nitrogen and oxygen atoms in total. The standard InChI is InChI=1S/C21H19BrF2N2O3/c1-2-17(28)26-7-6-25-9-12-8-15(23)19(18-14(22)4-3-5-16(18)27)20(24)21(12)29-11-13(25)10-26/h2-5,8,13,27H,1,6-7,9-11H2. The van der Waals surface area contributed by atoms with Gasteiger partial charge in [-0.05, 0) is 24.3 Å². The second-order valence-corrected chi connectivity index (χ2v) is 7.95. The molecule has 1 saturated heterocycles. The maximum Gasteiger partial charge on any atom is 0.246 e. The predicted molar refractivity (Wildman–Crippen MR) is 108 cm³/mol. The van der Waals surface area contributed by atoms with Crippen molar-refractivity contribution in [2.75, 3.05) is 26.2 Å². The van der Waals surface area contributed by atoms with Crippen molar-refractivity contribution in [1.29, 1.82) is 0 Å². The van der Waals surface area contributed by atoms with Gasteiger partial charge in [-0.3, -0.25) is 9.69 Å². The Kier molecular flexibility index (Phi) is 5.31. The topological polar surface area (TPSA) is 53.0 Å². The molecule has 2 aromatic rings. The van der Waals surface area contributed by atoms with Crippen LogP contribution in [0, 0.1) is 11.6 Å². The van der Waals surface area contributed by atoms with Crippen LogP contribution in [-0.4, -0.2) is 53.1 Å². The van der Waals surface area contributed by atoms with E-state index < -0.39 is 11.6 Å². The molecule has 1 amide bonds. The van der Waals surface area contributed by atoms with Gasteiger partial charge in [-0.15, -0.1) is 0 Å². The van der Waals surface area contributed by atoms with E-state index in [4.69, 9.17) is 4.74 Å². The van der Waals surface area contributed by atoms with Gasteiger partial charge in [0.1, 0.15) is 18.2 Å². The third-order valence-electron chi connectivity index (χ3n) is 5.38. The van der Waals surface area contributed by atoms with Crippen molar-refractivity contribution < 1.29 is 23.4 Å². The van der Waals surface area contributed by atoms with Crippen LogP contribution in [-0.2, 0) is 11.3 Å². The maximum atomic E-state index is 15.4. The number of phenolic OH excluding ortho intramolecular Hbond substituents is 1. The summed E-state index contributed by atoms with van der Waals surface area (Å²) in [5.41, 5.74) is 0.108. The van der Waals surface area contributed by atoms with Crippen LogP contribution in [0.1, 0.15) is 5.56 Å². The first-order chi connectivity index (χ1) is 13.9. The lowest BCUT2D eigenvalue weighted by molar-refractivity contribution is -0.129. The molecule has 1 fully saturated rings. The van der Waals surface area contributed by atoms with Crippen LogP contribution < -0.4 is 4.74 Å². The van der Waals surface area contributed by atoms with E-state index in [1.165, 1.54) is 18.2 Å². The van der Waals surface area contributed by atoms with Gasteiger partial charge in [0, 0.05) is 41.8 Å². The Morgan fingerprint density at radius 1 is 1.31 bits per heavy atom. The first-order valence-electron chi connectivity index (χ1n) is 9.17. The van der Waals surface area contributed by atoms with Crippen LogP contribution in [0.5, 0.6) is 11.5 Å². The van der Waals surface area contributed by atoms with E-state index in [1.54, 1.807) is 17.0 Å². The molecule has 8 heteroatoms. The molecule has 1 N–H and O–H groups in total. The first kappa shape index (κ1) is 19.8. The Balaban J connectivity index is 1.71. The molecule has 0 aliphatic carbocycles. The minimum Gasteiger partial charge on any atom is -0.507 e. The van der Waals surface area contributed by atoms with E-state index in [2.05, 4.69) is 27.4 Å². The second-order valence-electron chi connectivity index (χ2n) is 7.09. The highest BCUT2D eigenvalue weighted by molar-refractivity contribution is 9.10. The number of piperazine rings is 1. The van der Waals surface area contributed by atoms with Gasteiger partial charge in [0.25, 0.3) is 0 Å². The Morgan fingerprint density at radius 2 is 2.10 bits per heavy atom. The Morgan fingerprint density at radius 3 is 2.83 bits per heavy atom. The largest absolute Gasteiger partial charge is 0.507 e. The summed E-state index contributed by atoms with van der Waals surface area (Å²) in [6, 6.07) is 5.68. The van der Waals surface area contributed by atoms with Crippen LogP contribution in [0.15, 0.2) is 41.4 Å². The van der Waals surface area contributed by atoms with Crippen LogP contribution >= 0.6 is 15.9 Å². The summed E-state index contributed by atoms with van der Waals surface area (Å²) in [6.07, 6.45) is 1.27. The number of benzene rings is 2. The molecular weight excluding hydrogens is 446 g/mol. The summed E-state index contributed by atoms with van der Waals surface area (Å²) in [6.45, 7) is 5.51. The summed E-state index contributed by atoms with van der Waals surface area (Å²) in [5, 5.41) is 10.2. The normalized spacial score (nSPS) is 19.0. The van der Waals surface area contributed by atoms with Gasteiger partial charge >= 0.3 is 0 Å². The first-order valence-corrected chi connectivity index (χ1v) is 9.97. The number of carbonyl (C=O) groups excluding carboxylic acids is 1. The quantitative estimate of drug-likeness (QED) is 0.688. The lowest BCUT2D eigenvalue weighted by Crippen LogP contribution is -2.55. The van der Waals surface area contributed by atoms with Crippen LogP contribution in [0.3, 0.4) is 0 Å². The van der Waals surface area contributed by atoms with Crippen molar-refractivity contribution in [3.05, 3.63) is 58.6 Å². The van der Waals surface area contributed by atoms with Gasteiger partial charge in [-0.25, -0.2) is 8.78 Å². The number of rotatable bonds is 2. The van der Waals surface area contributed by atoms with E-state index in [-0.39, 0.29) is 41.2 Å². The minimum absolute atomic E-state index is 0.0208. The average molecular weight is 465 g/mol. The van der Waals surface area contributed by atoms with Crippen LogP contribution in [0.2, 0.25) is 0 Å². The molecule has 0 radical (unpaired) electrons. The molecule has 2 heterocycles. The molecule has 0 spiro atoms. The number of carbonyl (C=O) groups is 1. The van der Waals surface area contributed by atoms with Crippen LogP contribution in [0.4, 0.5) is 8.78 Å². The zero-order valence-corrected chi connectivity index (χ0v) is 17.1. The average Bonchev–Trinajstić information content (AvgIpc) is 2.88. The van der Waals surface area contributed by atoms with Gasteiger partial charge in [0.05, 0.1) is 11.6 Å². The molecule has 1 atom stereocenters. The van der Waals surface area contributed by atoms with E-state index in [0.29, 0.717) is 36.2 Å². The molecule has 29 heavy (non-hydrogen) atoms. The summed E-state index contributed by atoms with van der Waals surface area (Å²) < 4.78 is 36.5. The molecule has 4 rings (SSSR count). The summed E-state index contributed by atoms with van der Waals surface area (Å²) in [5.74, 6) is -2.03. The van der Waals surface area contributed by atoms with Crippen molar-refractivity contribution >= 4 is 21.8 Å². The fourth-order valence-corrected chi connectivity index (χ4v) is 4.45. The lowest BCUT2D eigenvalue weighted by Gasteiger charge is -2.39. The number of fused-ring (bicyclic) bond motifs is 2. The van der Waals surface area contributed by atoms with Gasteiger partial charge in [0.15, 0.2) is 11.6 Å². The van der Waals surface area contributed by atoms with Crippen molar-refractivity contribution in [3.63, 3.8) is 0 Å². The van der Waals surface area contributed by atoms with Crippen molar-refractivity contribution in [1.82, 2.24) is 9.80 Å². The zero-order chi connectivity index (χ0) is 20.7. The molecule has 2 aliphatic rings. The number of nitrogens with zero attached hydrogens (tertiary/aromatic N) is 2. The molecule has 1 unspecified atom stereocenters. The highest BCUT2D eigenvalue weighted by Gasteiger charge is 2.34. The minimum atomic E-state index is -0.846. The Labute approximate surface area is 175 Å². The number of ether oxygens (including phenoxy) is 1. The third-order valence-corrected chi connectivity index (χ3v) is 6.04. The van der Waals surface area contributed by atoms with E-state index in [0.717, 1.165) is 0 Å². The van der Waals surface area contributed by atoms with Gasteiger partial charge in [0.2, 0.25) is 5.91 Å². The Bertz CT molecular complexity index is 978. The van der Waals surface area contributed by atoms with Gasteiger partial charge in [-0.2, -0.15) is 0 Å². The summed E-state index contributed by atoms with van der Waals surface area (Å²) >= 11 is 3.25. The van der Waals surface area contributed by atoms with Crippen LogP contribution in [0.25, 0.3) is 11.1 Å². The van der Waals surface area contributed by atoms with Crippen molar-refractivity contribution in [2.24, 2.45) is 0 Å². The molecule has 152 valence electrons. The number of hydrogen-bond acceptors (Lipinski definition) is 4. The highest BCUT2D eigenvalue weighted by Crippen LogP contribution is 2.43. The Hall–Kier alpha value is -2.45. The summed E-state index contributed by atoms with van der Waals surface area (Å²) in [4.78, 5) is 15.7. The predicted octanol–water partition coefficient (Wildman–Crippen LogP) is 3.69. The number of aromatic hydroxyl groups is 1. The SMILES string of the molecule is C=CC(=O)N1CCN2Cc3cc(F)c(-c4c(O)cccc4Br)c(F)c3OCC2C1. The smallest absolute Gasteiger partial charge is 0.246 e. The fourth-order valence-electron chi connectivity index (χ4n) is 3.90. The maximum absolute atomic E-state index is 15.4. The second kappa shape index (κ2) is 7.76. The molecular formula is C21H19BrF2N2O3. The molecule has 2 aliphatic heterocycles. The van der Waals surface area contributed by atoms with Crippen molar-refractivity contribution in [2.45, 2.75) is 12.6 Å². The highest BCUT2D eigenvalue weighted by atomic mass is 79.9. The molecule has 2 aromatic carbocycles. The fraction of sp³-hybridized carbons (Fsp3) is 0.286. The zero-order valence-electron chi connectivity index (χ0n) is 15.5. The number of halogens is 3. The summed E-state index contributed by atoms with van der Waals surface area (Å²) in [7, 11) is 0. The molecule has 0 saturated carbocycles. The third kappa shape index (κ3) is 3.51. The number of hydrogen-bond donors (Lipinski definition) is 1. The molecule has 0 bridgehead atoms.